The first-order chi connectivity index (χ1) is 9.32. The Bertz CT molecular complexity index is 596. The van der Waals surface area contributed by atoms with Crippen LogP contribution < -0.4 is 0 Å². The van der Waals surface area contributed by atoms with E-state index in [9.17, 15) is 24.8 Å². The molecule has 0 fully saturated rings. The number of non-ortho nitro benzene ring substituents is 1. The SMILES string of the molecule is CC(C)[C@@H](C(=O)O)N1Cc2ccc([N+](=O)[O-])cc2C1=O. The van der Waals surface area contributed by atoms with Gasteiger partial charge in [-0.3, -0.25) is 14.9 Å². The van der Waals surface area contributed by atoms with Gasteiger partial charge < -0.3 is 10.0 Å². The van der Waals surface area contributed by atoms with Gasteiger partial charge in [-0.2, -0.15) is 0 Å². The quantitative estimate of drug-likeness (QED) is 0.666. The highest BCUT2D eigenvalue weighted by Crippen LogP contribution is 2.29. The Kier molecular flexibility index (Phi) is 3.44. The summed E-state index contributed by atoms with van der Waals surface area (Å²) in [4.78, 5) is 35.0. The summed E-state index contributed by atoms with van der Waals surface area (Å²) in [7, 11) is 0. The van der Waals surface area contributed by atoms with Gasteiger partial charge in [0.15, 0.2) is 0 Å². The number of nitro benzene ring substituents is 1. The zero-order chi connectivity index (χ0) is 15.0. The van der Waals surface area contributed by atoms with E-state index in [0.717, 1.165) is 0 Å². The van der Waals surface area contributed by atoms with Gasteiger partial charge in [0.1, 0.15) is 6.04 Å². The number of fused-ring (bicyclic) bond motifs is 1. The number of hydrogen-bond donors (Lipinski definition) is 1. The first-order valence-corrected chi connectivity index (χ1v) is 6.14. The highest BCUT2D eigenvalue weighted by Gasteiger charge is 2.38. The van der Waals surface area contributed by atoms with Crippen molar-refractivity contribution in [2.45, 2.75) is 26.4 Å². The molecule has 0 saturated heterocycles. The molecule has 20 heavy (non-hydrogen) atoms. The van der Waals surface area contributed by atoms with E-state index < -0.39 is 22.8 Å². The van der Waals surface area contributed by atoms with E-state index in [4.69, 9.17) is 0 Å². The van der Waals surface area contributed by atoms with E-state index in [0.29, 0.717) is 5.56 Å². The maximum Gasteiger partial charge on any atom is 0.326 e. The topological polar surface area (TPSA) is 101 Å². The maximum atomic E-state index is 12.3. The molecule has 1 heterocycles. The van der Waals surface area contributed by atoms with Crippen molar-refractivity contribution in [1.82, 2.24) is 4.90 Å². The Morgan fingerprint density at radius 1 is 1.45 bits per heavy atom. The predicted octanol–water partition coefficient (Wildman–Crippen LogP) is 1.66. The second-order valence-corrected chi connectivity index (χ2v) is 5.06. The van der Waals surface area contributed by atoms with Crippen LogP contribution in [0.25, 0.3) is 0 Å². The van der Waals surface area contributed by atoms with E-state index in [2.05, 4.69) is 0 Å². The minimum absolute atomic E-state index is 0.168. The van der Waals surface area contributed by atoms with Gasteiger partial charge in [-0.15, -0.1) is 0 Å². The van der Waals surface area contributed by atoms with Crippen molar-refractivity contribution in [3.63, 3.8) is 0 Å². The Morgan fingerprint density at radius 2 is 2.10 bits per heavy atom. The third-order valence-electron chi connectivity index (χ3n) is 3.36. The average molecular weight is 278 g/mol. The molecule has 7 nitrogen and oxygen atoms in total. The van der Waals surface area contributed by atoms with Crippen LogP contribution in [0.5, 0.6) is 0 Å². The van der Waals surface area contributed by atoms with Gasteiger partial charge in [0.05, 0.1) is 10.5 Å². The number of carboxylic acids is 1. The Labute approximate surface area is 115 Å². The van der Waals surface area contributed by atoms with E-state index >= 15 is 0 Å². The summed E-state index contributed by atoms with van der Waals surface area (Å²) < 4.78 is 0. The normalized spacial score (nSPS) is 15.3. The number of aliphatic carboxylic acids is 1. The predicted molar refractivity (Wildman–Crippen MR) is 69.2 cm³/mol. The molecule has 2 rings (SSSR count). The number of hydrogen-bond acceptors (Lipinski definition) is 4. The zero-order valence-electron chi connectivity index (χ0n) is 11.1. The maximum absolute atomic E-state index is 12.3. The molecule has 1 aliphatic heterocycles. The number of benzene rings is 1. The molecular formula is C13H14N2O5. The summed E-state index contributed by atoms with van der Waals surface area (Å²) in [5.74, 6) is -1.79. The Hall–Kier alpha value is -2.44. The molecule has 0 bridgehead atoms. The van der Waals surface area contributed by atoms with Crippen molar-refractivity contribution in [3.05, 3.63) is 39.4 Å². The lowest BCUT2D eigenvalue weighted by atomic mass is 10.0. The zero-order valence-corrected chi connectivity index (χ0v) is 11.1. The van der Waals surface area contributed by atoms with Gasteiger partial charge >= 0.3 is 5.97 Å². The first kappa shape index (κ1) is 14.0. The van der Waals surface area contributed by atoms with Crippen LogP contribution in [0.15, 0.2) is 18.2 Å². The summed E-state index contributed by atoms with van der Waals surface area (Å²) in [6.07, 6.45) is 0. The van der Waals surface area contributed by atoms with Crippen LogP contribution >= 0.6 is 0 Å². The molecule has 0 saturated carbocycles. The lowest BCUT2D eigenvalue weighted by molar-refractivity contribution is -0.384. The van der Waals surface area contributed by atoms with E-state index in [-0.39, 0.29) is 23.7 Å². The Morgan fingerprint density at radius 3 is 2.60 bits per heavy atom. The largest absolute Gasteiger partial charge is 0.480 e. The number of rotatable bonds is 4. The van der Waals surface area contributed by atoms with Crippen LogP contribution in [0.1, 0.15) is 29.8 Å². The fourth-order valence-electron chi connectivity index (χ4n) is 2.43. The smallest absolute Gasteiger partial charge is 0.326 e. The van der Waals surface area contributed by atoms with Crippen molar-refractivity contribution in [1.29, 1.82) is 0 Å². The van der Waals surface area contributed by atoms with Crippen molar-refractivity contribution >= 4 is 17.6 Å². The molecule has 106 valence electrons. The van der Waals surface area contributed by atoms with Gasteiger partial charge in [-0.25, -0.2) is 4.79 Å². The molecule has 1 atom stereocenters. The standard InChI is InChI=1S/C13H14N2O5/c1-7(2)11(13(17)18)14-6-8-3-4-9(15(19)20)5-10(8)12(14)16/h3-5,7,11H,6H2,1-2H3,(H,17,18)/t11-/m0/s1. The number of nitrogens with zero attached hydrogens (tertiary/aromatic N) is 2. The number of nitro groups is 1. The van der Waals surface area contributed by atoms with Crippen LogP contribution in [-0.4, -0.2) is 32.8 Å². The lowest BCUT2D eigenvalue weighted by Crippen LogP contribution is -2.44. The van der Waals surface area contributed by atoms with Crippen LogP contribution in [-0.2, 0) is 11.3 Å². The first-order valence-electron chi connectivity index (χ1n) is 6.14. The van der Waals surface area contributed by atoms with Gasteiger partial charge in [-0.1, -0.05) is 13.8 Å². The molecule has 1 N–H and O–H groups in total. The van der Waals surface area contributed by atoms with Gasteiger partial charge in [0.25, 0.3) is 11.6 Å². The Balaban J connectivity index is 2.38. The molecule has 0 radical (unpaired) electrons. The number of carboxylic acid groups (broad SMARTS) is 1. The summed E-state index contributed by atoms with van der Waals surface area (Å²) in [5, 5.41) is 20.0. The van der Waals surface area contributed by atoms with E-state index in [1.54, 1.807) is 13.8 Å². The second kappa shape index (κ2) is 4.92. The molecule has 1 aromatic carbocycles. The molecule has 1 amide bonds. The molecule has 0 aromatic heterocycles. The third kappa shape index (κ3) is 2.22. The minimum atomic E-state index is -1.07. The average Bonchev–Trinajstić information content (AvgIpc) is 2.65. The second-order valence-electron chi connectivity index (χ2n) is 5.06. The highest BCUT2D eigenvalue weighted by molar-refractivity contribution is 6.01. The van der Waals surface area contributed by atoms with Gasteiger partial charge in [-0.05, 0) is 17.5 Å². The molecular weight excluding hydrogens is 264 g/mol. The number of carbonyl (C=O) groups is 2. The molecule has 1 aliphatic rings. The molecule has 7 heteroatoms. The van der Waals surface area contributed by atoms with E-state index in [1.807, 2.05) is 0 Å². The number of amides is 1. The van der Waals surface area contributed by atoms with Crippen molar-refractivity contribution in [2.24, 2.45) is 5.92 Å². The molecule has 0 spiro atoms. The van der Waals surface area contributed by atoms with Crippen LogP contribution in [0.3, 0.4) is 0 Å². The lowest BCUT2D eigenvalue weighted by Gasteiger charge is -2.27. The third-order valence-corrected chi connectivity index (χ3v) is 3.36. The summed E-state index contributed by atoms with van der Waals surface area (Å²) in [5.41, 5.74) is 0.661. The summed E-state index contributed by atoms with van der Waals surface area (Å²) in [6, 6.07) is 3.09. The molecule has 0 unspecified atom stereocenters. The fourth-order valence-corrected chi connectivity index (χ4v) is 2.43. The molecule has 0 aliphatic carbocycles. The monoisotopic (exact) mass is 278 g/mol. The van der Waals surface area contributed by atoms with Crippen LogP contribution in [0, 0.1) is 16.0 Å². The summed E-state index contributed by atoms with van der Waals surface area (Å²) in [6.45, 7) is 3.61. The summed E-state index contributed by atoms with van der Waals surface area (Å²) >= 11 is 0. The van der Waals surface area contributed by atoms with Crippen molar-refractivity contribution < 1.29 is 19.6 Å². The van der Waals surface area contributed by atoms with E-state index in [1.165, 1.54) is 23.1 Å². The van der Waals surface area contributed by atoms with Crippen molar-refractivity contribution in [2.75, 3.05) is 0 Å². The van der Waals surface area contributed by atoms with Crippen molar-refractivity contribution in [3.8, 4) is 0 Å². The van der Waals surface area contributed by atoms with Gasteiger partial charge in [0.2, 0.25) is 0 Å². The van der Waals surface area contributed by atoms with Crippen LogP contribution in [0.4, 0.5) is 5.69 Å². The fraction of sp³-hybridized carbons (Fsp3) is 0.385. The number of carbonyl (C=O) groups excluding carboxylic acids is 1. The minimum Gasteiger partial charge on any atom is -0.480 e. The highest BCUT2D eigenvalue weighted by atomic mass is 16.6. The van der Waals surface area contributed by atoms with Gasteiger partial charge in [0, 0.05) is 18.7 Å². The molecule has 1 aromatic rings. The van der Waals surface area contributed by atoms with Crippen LogP contribution in [0.2, 0.25) is 0 Å².